The number of halogens is 1. The summed E-state index contributed by atoms with van der Waals surface area (Å²) in [6.45, 7) is 5.47. The molecule has 3 rings (SSSR count). The minimum absolute atomic E-state index is 0.0442. The van der Waals surface area contributed by atoms with Gasteiger partial charge in [0.1, 0.15) is 5.82 Å². The van der Waals surface area contributed by atoms with Gasteiger partial charge >= 0.3 is 0 Å². The Bertz CT molecular complexity index is 523. The van der Waals surface area contributed by atoms with Crippen molar-refractivity contribution in [2.75, 3.05) is 38.0 Å². The Morgan fingerprint density at radius 1 is 1.17 bits per heavy atom. The van der Waals surface area contributed by atoms with Gasteiger partial charge in [0.05, 0.1) is 0 Å². The second-order valence-corrected chi connectivity index (χ2v) is 6.62. The lowest BCUT2D eigenvalue weighted by atomic mass is 10.0. The number of rotatable bonds is 5. The van der Waals surface area contributed by atoms with Crippen LogP contribution in [-0.2, 0) is 4.79 Å². The van der Waals surface area contributed by atoms with Gasteiger partial charge in [-0.1, -0.05) is 6.07 Å². The quantitative estimate of drug-likeness (QED) is 0.906. The van der Waals surface area contributed by atoms with E-state index in [4.69, 9.17) is 0 Å². The first-order chi connectivity index (χ1) is 11.2. The van der Waals surface area contributed by atoms with Crippen LogP contribution in [0.3, 0.4) is 0 Å². The number of likely N-dealkylation sites (tertiary alicyclic amines) is 2. The highest BCUT2D eigenvalue weighted by Gasteiger charge is 2.26. The lowest BCUT2D eigenvalue weighted by Crippen LogP contribution is -2.44. The maximum atomic E-state index is 13.1. The number of nitrogens with zero attached hydrogens (tertiary/aromatic N) is 2. The fourth-order valence-corrected chi connectivity index (χ4v) is 3.66. The number of amides is 1. The molecule has 4 nitrogen and oxygen atoms in total. The number of carbonyl (C=O) groups is 1. The van der Waals surface area contributed by atoms with Crippen LogP contribution in [0.4, 0.5) is 10.1 Å². The molecule has 0 aliphatic carbocycles. The average molecular weight is 319 g/mol. The minimum atomic E-state index is -0.327. The molecule has 0 aromatic heterocycles. The van der Waals surface area contributed by atoms with Crippen molar-refractivity contribution in [3.8, 4) is 0 Å². The Morgan fingerprint density at radius 2 is 1.91 bits per heavy atom. The van der Waals surface area contributed by atoms with Gasteiger partial charge in [0.15, 0.2) is 0 Å². The molecule has 2 fully saturated rings. The molecule has 0 spiro atoms. The molecule has 2 saturated heterocycles. The van der Waals surface area contributed by atoms with Gasteiger partial charge in [0, 0.05) is 24.7 Å². The second kappa shape index (κ2) is 7.88. The summed E-state index contributed by atoms with van der Waals surface area (Å²) in [5.41, 5.74) is 0.530. The molecular formula is C18H26FN3O. The van der Waals surface area contributed by atoms with Crippen LogP contribution in [0.15, 0.2) is 24.3 Å². The number of hydrogen-bond donors (Lipinski definition) is 1. The number of anilines is 1. The molecule has 1 amide bonds. The van der Waals surface area contributed by atoms with E-state index in [1.807, 2.05) is 0 Å². The summed E-state index contributed by atoms with van der Waals surface area (Å²) < 4.78 is 13.1. The number of piperidine rings is 1. The molecule has 1 aromatic carbocycles. The van der Waals surface area contributed by atoms with Gasteiger partial charge in [0.2, 0.25) is 5.91 Å². The molecule has 5 heteroatoms. The average Bonchev–Trinajstić information content (AvgIpc) is 3.08. The zero-order valence-corrected chi connectivity index (χ0v) is 13.6. The summed E-state index contributed by atoms with van der Waals surface area (Å²) in [5, 5.41) is 2.76. The van der Waals surface area contributed by atoms with Crippen molar-refractivity contribution in [1.29, 1.82) is 0 Å². The highest BCUT2D eigenvalue weighted by atomic mass is 19.1. The third-order valence-electron chi connectivity index (χ3n) is 4.98. The Kier molecular flexibility index (Phi) is 5.62. The molecule has 1 aromatic rings. The van der Waals surface area contributed by atoms with Gasteiger partial charge < -0.3 is 15.1 Å². The minimum Gasteiger partial charge on any atom is -0.326 e. The van der Waals surface area contributed by atoms with Crippen molar-refractivity contribution in [3.63, 3.8) is 0 Å². The van der Waals surface area contributed by atoms with E-state index in [0.717, 1.165) is 25.7 Å². The van der Waals surface area contributed by atoms with E-state index in [0.29, 0.717) is 12.1 Å². The third kappa shape index (κ3) is 4.75. The van der Waals surface area contributed by atoms with Crippen molar-refractivity contribution < 1.29 is 9.18 Å². The highest BCUT2D eigenvalue weighted by Crippen LogP contribution is 2.21. The summed E-state index contributed by atoms with van der Waals surface area (Å²) in [6.07, 6.45) is 5.59. The molecule has 2 aliphatic rings. The van der Waals surface area contributed by atoms with Crippen LogP contribution in [-0.4, -0.2) is 54.5 Å². The number of hydrogen-bond acceptors (Lipinski definition) is 3. The van der Waals surface area contributed by atoms with Crippen LogP contribution >= 0.6 is 0 Å². The van der Waals surface area contributed by atoms with E-state index in [9.17, 15) is 9.18 Å². The van der Waals surface area contributed by atoms with E-state index in [1.165, 1.54) is 50.9 Å². The SMILES string of the molecule is O=C(CCN1CCC(N2CCCC2)CC1)Nc1cccc(F)c1. The van der Waals surface area contributed by atoms with Crippen molar-refractivity contribution >= 4 is 11.6 Å². The standard InChI is InChI=1S/C18H26FN3O/c19-15-4-3-5-16(14-15)20-18(23)8-13-21-11-6-17(7-12-21)22-9-1-2-10-22/h3-5,14,17H,1-2,6-13H2,(H,20,23). The Balaban J connectivity index is 1.36. The van der Waals surface area contributed by atoms with Gasteiger partial charge in [0.25, 0.3) is 0 Å². The van der Waals surface area contributed by atoms with Crippen molar-refractivity contribution in [1.82, 2.24) is 9.80 Å². The molecule has 126 valence electrons. The predicted molar refractivity (Wildman–Crippen MR) is 89.9 cm³/mol. The van der Waals surface area contributed by atoms with E-state index >= 15 is 0 Å². The maximum absolute atomic E-state index is 13.1. The zero-order chi connectivity index (χ0) is 16.1. The summed E-state index contributed by atoms with van der Waals surface area (Å²) in [6, 6.07) is 6.78. The highest BCUT2D eigenvalue weighted by molar-refractivity contribution is 5.90. The van der Waals surface area contributed by atoms with Crippen LogP contribution in [0.5, 0.6) is 0 Å². The molecular weight excluding hydrogens is 293 g/mol. The van der Waals surface area contributed by atoms with Gasteiger partial charge in [-0.05, 0) is 70.1 Å². The van der Waals surface area contributed by atoms with Crippen molar-refractivity contribution in [2.24, 2.45) is 0 Å². The van der Waals surface area contributed by atoms with Crippen molar-refractivity contribution in [3.05, 3.63) is 30.1 Å². The van der Waals surface area contributed by atoms with Crippen LogP contribution in [0.1, 0.15) is 32.1 Å². The summed E-state index contributed by atoms with van der Waals surface area (Å²) >= 11 is 0. The Labute approximate surface area is 137 Å². The summed E-state index contributed by atoms with van der Waals surface area (Å²) in [5.74, 6) is -0.371. The molecule has 0 bridgehead atoms. The third-order valence-corrected chi connectivity index (χ3v) is 4.98. The maximum Gasteiger partial charge on any atom is 0.225 e. The van der Waals surface area contributed by atoms with Gasteiger partial charge in [-0.25, -0.2) is 4.39 Å². The van der Waals surface area contributed by atoms with E-state index < -0.39 is 0 Å². The van der Waals surface area contributed by atoms with Gasteiger partial charge in [-0.15, -0.1) is 0 Å². The molecule has 2 heterocycles. The smallest absolute Gasteiger partial charge is 0.225 e. The molecule has 0 radical (unpaired) electrons. The Morgan fingerprint density at radius 3 is 2.61 bits per heavy atom. The Hall–Kier alpha value is -1.46. The molecule has 0 atom stereocenters. The lowest BCUT2D eigenvalue weighted by Gasteiger charge is -2.36. The van der Waals surface area contributed by atoms with E-state index in [2.05, 4.69) is 15.1 Å². The predicted octanol–water partition coefficient (Wildman–Crippen LogP) is 2.71. The number of benzene rings is 1. The van der Waals surface area contributed by atoms with E-state index in [-0.39, 0.29) is 11.7 Å². The first-order valence-electron chi connectivity index (χ1n) is 8.72. The van der Waals surface area contributed by atoms with Crippen LogP contribution in [0.25, 0.3) is 0 Å². The normalized spacial score (nSPS) is 20.7. The van der Waals surface area contributed by atoms with Crippen LogP contribution < -0.4 is 5.32 Å². The fourth-order valence-electron chi connectivity index (χ4n) is 3.66. The summed E-state index contributed by atoms with van der Waals surface area (Å²) in [7, 11) is 0. The monoisotopic (exact) mass is 319 g/mol. The van der Waals surface area contributed by atoms with Crippen LogP contribution in [0, 0.1) is 5.82 Å². The zero-order valence-electron chi connectivity index (χ0n) is 13.6. The van der Waals surface area contributed by atoms with E-state index in [1.54, 1.807) is 12.1 Å². The van der Waals surface area contributed by atoms with Crippen LogP contribution in [0.2, 0.25) is 0 Å². The summed E-state index contributed by atoms with van der Waals surface area (Å²) in [4.78, 5) is 17.0. The van der Waals surface area contributed by atoms with Gasteiger partial charge in [-0.2, -0.15) is 0 Å². The number of carbonyl (C=O) groups excluding carboxylic acids is 1. The molecule has 2 aliphatic heterocycles. The molecule has 0 unspecified atom stereocenters. The first-order valence-corrected chi connectivity index (χ1v) is 8.72. The fraction of sp³-hybridized carbons (Fsp3) is 0.611. The lowest BCUT2D eigenvalue weighted by molar-refractivity contribution is -0.116. The van der Waals surface area contributed by atoms with Crippen molar-refractivity contribution in [2.45, 2.75) is 38.1 Å². The largest absolute Gasteiger partial charge is 0.326 e. The molecule has 0 saturated carbocycles. The first kappa shape index (κ1) is 16.4. The topological polar surface area (TPSA) is 35.6 Å². The second-order valence-electron chi connectivity index (χ2n) is 6.62. The van der Waals surface area contributed by atoms with Gasteiger partial charge in [-0.3, -0.25) is 4.79 Å². The molecule has 1 N–H and O–H groups in total. The molecule has 23 heavy (non-hydrogen) atoms. The number of nitrogens with one attached hydrogen (secondary N) is 1.